The van der Waals surface area contributed by atoms with Crippen LogP contribution in [0.1, 0.15) is 5.56 Å². The van der Waals surface area contributed by atoms with Crippen LogP contribution in [0, 0.1) is 0 Å². The zero-order valence-electron chi connectivity index (χ0n) is 7.81. The minimum absolute atomic E-state index is 0.513. The SMILES string of the molecule is NCc1cccc(Oc2nc(Br)cs2)c1. The van der Waals surface area contributed by atoms with Gasteiger partial charge in [-0.1, -0.05) is 23.5 Å². The first kappa shape index (κ1) is 10.6. The first-order valence-electron chi connectivity index (χ1n) is 4.36. The van der Waals surface area contributed by atoms with E-state index >= 15 is 0 Å². The second-order valence-corrected chi connectivity index (χ2v) is 4.52. The molecule has 0 aliphatic carbocycles. The summed E-state index contributed by atoms with van der Waals surface area (Å²) in [6.07, 6.45) is 0. The van der Waals surface area contributed by atoms with Crippen molar-refractivity contribution in [2.45, 2.75) is 6.54 Å². The van der Waals surface area contributed by atoms with Crippen LogP contribution in [0.15, 0.2) is 34.2 Å². The van der Waals surface area contributed by atoms with Crippen molar-refractivity contribution in [1.29, 1.82) is 0 Å². The Morgan fingerprint density at radius 1 is 1.47 bits per heavy atom. The molecule has 3 nitrogen and oxygen atoms in total. The molecule has 0 saturated carbocycles. The van der Waals surface area contributed by atoms with Crippen molar-refractivity contribution in [2.75, 3.05) is 0 Å². The van der Waals surface area contributed by atoms with Crippen molar-refractivity contribution in [3.05, 3.63) is 39.8 Å². The van der Waals surface area contributed by atoms with Gasteiger partial charge in [0.1, 0.15) is 10.4 Å². The van der Waals surface area contributed by atoms with Crippen molar-refractivity contribution in [1.82, 2.24) is 4.98 Å². The molecule has 5 heteroatoms. The second-order valence-electron chi connectivity index (χ2n) is 2.89. The molecule has 0 fully saturated rings. The van der Waals surface area contributed by atoms with Gasteiger partial charge in [0.05, 0.1) is 0 Å². The number of ether oxygens (including phenoxy) is 1. The van der Waals surface area contributed by atoms with Crippen LogP contribution in [0.5, 0.6) is 10.9 Å². The highest BCUT2D eigenvalue weighted by Gasteiger charge is 2.02. The van der Waals surface area contributed by atoms with Gasteiger partial charge in [-0.2, -0.15) is 4.98 Å². The average molecular weight is 285 g/mol. The molecule has 15 heavy (non-hydrogen) atoms. The number of thiazole rings is 1. The predicted octanol–water partition coefficient (Wildman–Crippen LogP) is 3.16. The molecule has 0 aliphatic rings. The van der Waals surface area contributed by atoms with Crippen LogP contribution < -0.4 is 10.5 Å². The first-order valence-corrected chi connectivity index (χ1v) is 6.03. The van der Waals surface area contributed by atoms with E-state index in [1.165, 1.54) is 11.3 Å². The Morgan fingerprint density at radius 3 is 3.00 bits per heavy atom. The Bertz CT molecular complexity index is 458. The Balaban J connectivity index is 2.16. The number of aromatic nitrogens is 1. The molecule has 2 rings (SSSR count). The molecule has 0 amide bonds. The quantitative estimate of drug-likeness (QED) is 0.942. The van der Waals surface area contributed by atoms with Gasteiger partial charge in [-0.05, 0) is 33.6 Å². The van der Waals surface area contributed by atoms with Crippen LogP contribution in [0.25, 0.3) is 0 Å². The summed E-state index contributed by atoms with van der Waals surface area (Å²) in [5.74, 6) is 0.764. The minimum Gasteiger partial charge on any atom is -0.431 e. The molecule has 78 valence electrons. The summed E-state index contributed by atoms with van der Waals surface area (Å²) in [5, 5.41) is 2.50. The maximum absolute atomic E-state index is 5.56. The van der Waals surface area contributed by atoms with Crippen molar-refractivity contribution in [3.63, 3.8) is 0 Å². The van der Waals surface area contributed by atoms with Crippen LogP contribution in [-0.4, -0.2) is 4.98 Å². The fourth-order valence-electron chi connectivity index (χ4n) is 1.12. The molecule has 0 bridgehead atoms. The van der Waals surface area contributed by atoms with Gasteiger partial charge in [-0.15, -0.1) is 0 Å². The number of hydrogen-bond acceptors (Lipinski definition) is 4. The van der Waals surface area contributed by atoms with Crippen LogP contribution in [-0.2, 0) is 6.54 Å². The monoisotopic (exact) mass is 284 g/mol. The predicted molar refractivity (Wildman–Crippen MR) is 64.2 cm³/mol. The molecule has 1 aromatic heterocycles. The summed E-state index contributed by atoms with van der Waals surface area (Å²) in [7, 11) is 0. The third kappa shape index (κ3) is 2.77. The van der Waals surface area contributed by atoms with E-state index in [1.807, 2.05) is 29.6 Å². The third-order valence-corrected chi connectivity index (χ3v) is 3.22. The van der Waals surface area contributed by atoms with E-state index in [0.29, 0.717) is 11.7 Å². The summed E-state index contributed by atoms with van der Waals surface area (Å²) in [6.45, 7) is 0.513. The highest BCUT2D eigenvalue weighted by atomic mass is 79.9. The summed E-state index contributed by atoms with van der Waals surface area (Å²) < 4.78 is 6.35. The lowest BCUT2D eigenvalue weighted by Gasteiger charge is -2.02. The summed E-state index contributed by atoms with van der Waals surface area (Å²) in [5.41, 5.74) is 6.58. The highest BCUT2D eigenvalue weighted by molar-refractivity contribution is 9.10. The number of benzene rings is 1. The fourth-order valence-corrected chi connectivity index (χ4v) is 2.23. The maximum Gasteiger partial charge on any atom is 0.279 e. The maximum atomic E-state index is 5.56. The topological polar surface area (TPSA) is 48.1 Å². The Morgan fingerprint density at radius 2 is 2.33 bits per heavy atom. The van der Waals surface area contributed by atoms with Gasteiger partial charge in [-0.25, -0.2) is 0 Å². The van der Waals surface area contributed by atoms with Gasteiger partial charge in [-0.3, -0.25) is 0 Å². The van der Waals surface area contributed by atoms with Crippen molar-refractivity contribution >= 4 is 27.3 Å². The average Bonchev–Trinajstić information content (AvgIpc) is 2.64. The van der Waals surface area contributed by atoms with Gasteiger partial charge in [0.25, 0.3) is 5.19 Å². The number of rotatable bonds is 3. The summed E-state index contributed by atoms with van der Waals surface area (Å²) in [6, 6.07) is 7.68. The lowest BCUT2D eigenvalue weighted by Crippen LogP contribution is -1.95. The Kier molecular flexibility index (Phi) is 3.35. The molecule has 0 aliphatic heterocycles. The molecule has 0 spiro atoms. The summed E-state index contributed by atoms with van der Waals surface area (Å²) in [4.78, 5) is 4.14. The highest BCUT2D eigenvalue weighted by Crippen LogP contribution is 2.27. The standard InChI is InChI=1S/C10H9BrN2OS/c11-9-6-15-10(13-9)14-8-3-1-2-7(4-8)5-12/h1-4,6H,5,12H2. The molecular formula is C10H9BrN2OS. The lowest BCUT2D eigenvalue weighted by atomic mass is 10.2. The molecular weight excluding hydrogens is 276 g/mol. The van der Waals surface area contributed by atoms with Crippen molar-refractivity contribution in [2.24, 2.45) is 5.73 Å². The largest absolute Gasteiger partial charge is 0.431 e. The molecule has 0 saturated heterocycles. The molecule has 0 atom stereocenters. The van der Waals surface area contributed by atoms with E-state index in [2.05, 4.69) is 20.9 Å². The van der Waals surface area contributed by atoms with Crippen LogP contribution in [0.3, 0.4) is 0 Å². The number of nitrogens with zero attached hydrogens (tertiary/aromatic N) is 1. The molecule has 2 aromatic rings. The van der Waals surface area contributed by atoms with Crippen LogP contribution >= 0.6 is 27.3 Å². The summed E-state index contributed by atoms with van der Waals surface area (Å²) >= 11 is 4.72. The van der Waals surface area contributed by atoms with Gasteiger partial charge in [0, 0.05) is 11.9 Å². The first-order chi connectivity index (χ1) is 7.28. The van der Waals surface area contributed by atoms with E-state index in [1.54, 1.807) is 0 Å². The van der Waals surface area contributed by atoms with E-state index in [4.69, 9.17) is 10.5 Å². The zero-order valence-corrected chi connectivity index (χ0v) is 10.2. The number of halogens is 1. The zero-order chi connectivity index (χ0) is 10.7. The van der Waals surface area contributed by atoms with Gasteiger partial charge >= 0.3 is 0 Å². The molecule has 1 aromatic carbocycles. The van der Waals surface area contributed by atoms with Gasteiger partial charge in [0.15, 0.2) is 0 Å². The Labute approximate surface area is 100 Å². The molecule has 0 unspecified atom stereocenters. The number of hydrogen-bond donors (Lipinski definition) is 1. The lowest BCUT2D eigenvalue weighted by molar-refractivity contribution is 0.477. The van der Waals surface area contributed by atoms with Gasteiger partial charge in [0.2, 0.25) is 0 Å². The van der Waals surface area contributed by atoms with Gasteiger partial charge < -0.3 is 10.5 Å². The van der Waals surface area contributed by atoms with Crippen molar-refractivity contribution < 1.29 is 4.74 Å². The molecule has 0 radical (unpaired) electrons. The minimum atomic E-state index is 0.513. The molecule has 1 heterocycles. The molecule has 2 N–H and O–H groups in total. The fraction of sp³-hybridized carbons (Fsp3) is 0.100. The third-order valence-electron chi connectivity index (χ3n) is 1.79. The van der Waals surface area contributed by atoms with Crippen LogP contribution in [0.2, 0.25) is 0 Å². The van der Waals surface area contributed by atoms with Crippen molar-refractivity contribution in [3.8, 4) is 10.9 Å². The number of nitrogens with two attached hydrogens (primary N) is 1. The van der Waals surface area contributed by atoms with Crippen LogP contribution in [0.4, 0.5) is 0 Å². The smallest absolute Gasteiger partial charge is 0.279 e. The Hall–Kier alpha value is -0.910. The normalized spacial score (nSPS) is 10.3. The van der Waals surface area contributed by atoms with E-state index in [-0.39, 0.29) is 0 Å². The van der Waals surface area contributed by atoms with E-state index in [0.717, 1.165) is 15.9 Å². The second kappa shape index (κ2) is 4.74. The van der Waals surface area contributed by atoms with E-state index in [9.17, 15) is 0 Å². The van der Waals surface area contributed by atoms with E-state index < -0.39 is 0 Å².